The van der Waals surface area contributed by atoms with Gasteiger partial charge in [0.1, 0.15) is 0 Å². The van der Waals surface area contributed by atoms with Gasteiger partial charge >= 0.3 is 37.7 Å². The van der Waals surface area contributed by atoms with Gasteiger partial charge in [0, 0.05) is 0 Å². The fourth-order valence-corrected chi connectivity index (χ4v) is 0. The zero-order valence-corrected chi connectivity index (χ0v) is 8.17. The summed E-state index contributed by atoms with van der Waals surface area (Å²) >= 11 is 0. The van der Waals surface area contributed by atoms with Gasteiger partial charge < -0.3 is 18.5 Å². The third-order valence-electron chi connectivity index (χ3n) is 0. The van der Waals surface area contributed by atoms with E-state index in [1.807, 2.05) is 0 Å². The summed E-state index contributed by atoms with van der Waals surface area (Å²) in [7, 11) is -7.77. The molecule has 0 aliphatic heterocycles. The van der Waals surface area contributed by atoms with Gasteiger partial charge in [-0.2, -0.15) is 0 Å². The Balaban J connectivity index is -0.0000000910. The van der Waals surface area contributed by atoms with E-state index in [0.717, 1.165) is 0 Å². The third-order valence-corrected chi connectivity index (χ3v) is 0. The average molecular weight is 221 g/mol. The first kappa shape index (κ1) is 17.4. The maximum Gasteiger partial charge on any atom is 2.00 e. The van der Waals surface area contributed by atoms with Crippen molar-refractivity contribution in [1.82, 2.24) is 0 Å². The molecular weight excluding hydrogens is 220 g/mol. The molecule has 0 aromatic rings. The molecular formula is HCaClO7S. The van der Waals surface area contributed by atoms with E-state index in [4.69, 9.17) is 31.5 Å². The van der Waals surface area contributed by atoms with E-state index in [1.165, 1.54) is 0 Å². The smallest absolute Gasteiger partial charge is 0.726 e. The fourth-order valence-electron chi connectivity index (χ4n) is 0. The maximum absolute atomic E-state index is 8.63. The molecule has 1 N–H and O–H groups in total. The van der Waals surface area contributed by atoms with Crippen LogP contribution in [0.25, 0.3) is 0 Å². The molecule has 0 saturated heterocycles. The van der Waals surface area contributed by atoms with Crippen LogP contribution in [0.5, 0.6) is 0 Å². The molecule has 10 heavy (non-hydrogen) atoms. The molecule has 0 rings (SSSR count). The van der Waals surface area contributed by atoms with Crippen LogP contribution in [0.1, 0.15) is 0 Å². The Kier molecular flexibility index (Phi) is 14.6. The summed E-state index contributed by atoms with van der Waals surface area (Å²) in [5.74, 6) is 0. The van der Waals surface area contributed by atoms with E-state index in [2.05, 4.69) is 0 Å². The number of halogens is 1. The molecule has 0 aromatic carbocycles. The minimum absolute atomic E-state index is 0. The van der Waals surface area contributed by atoms with Crippen molar-refractivity contribution in [3.8, 4) is 0 Å². The first-order valence-electron chi connectivity index (χ1n) is 1.15. The molecule has 0 atom stereocenters. The third kappa shape index (κ3) is 379. The molecule has 0 aliphatic rings. The monoisotopic (exact) mass is 220 g/mol. The van der Waals surface area contributed by atoms with E-state index >= 15 is 0 Å². The van der Waals surface area contributed by atoms with Crippen LogP contribution in [0.3, 0.4) is 0 Å². The number of hydrogen-bond donors (Lipinski definition) is 1. The van der Waals surface area contributed by atoms with E-state index in [9.17, 15) is 0 Å². The molecule has 10 heteroatoms. The van der Waals surface area contributed by atoms with Crippen molar-refractivity contribution in [3.63, 3.8) is 0 Å². The average Bonchev–Trinajstić information content (AvgIpc) is 1.19. The summed E-state index contributed by atoms with van der Waals surface area (Å²) in [6.45, 7) is 0. The molecule has 58 valence electrons. The summed E-state index contributed by atoms with van der Waals surface area (Å²) < 4.78 is 58.1. The standard InChI is InChI=1S/Ca.ClO3.H2O4S/c;2-1(3)4;1-5(2,3)4/h;;(H2,1,2,3,4)/q+2;-1;/p-1. The minimum Gasteiger partial charge on any atom is -0.726 e. The van der Waals surface area contributed by atoms with Crippen molar-refractivity contribution in [2.45, 2.75) is 0 Å². The predicted octanol–water partition coefficient (Wildman–Crippen LogP) is -4.94. The largest absolute Gasteiger partial charge is 2.00 e. The van der Waals surface area contributed by atoms with Gasteiger partial charge in [-0.05, 0) is 0 Å². The molecule has 7 nitrogen and oxygen atoms in total. The summed E-state index contributed by atoms with van der Waals surface area (Å²) in [5.41, 5.74) is 0. The van der Waals surface area contributed by atoms with Crippen molar-refractivity contribution >= 4 is 48.1 Å². The van der Waals surface area contributed by atoms with Crippen LogP contribution >= 0.6 is 0 Å². The Bertz CT molecular complexity index is 125. The van der Waals surface area contributed by atoms with Crippen LogP contribution < -0.4 is 14.0 Å². The van der Waals surface area contributed by atoms with Crippen LogP contribution in [-0.2, 0) is 10.4 Å². The van der Waals surface area contributed by atoms with Gasteiger partial charge in [-0.1, -0.05) is 0 Å². The molecule has 0 aliphatic carbocycles. The Labute approximate surface area is 89.6 Å². The van der Waals surface area contributed by atoms with Crippen LogP contribution in [0.15, 0.2) is 0 Å². The molecule has 0 aromatic heterocycles. The van der Waals surface area contributed by atoms with E-state index in [1.54, 1.807) is 0 Å². The van der Waals surface area contributed by atoms with Gasteiger partial charge in [0.05, 0.1) is 10.8 Å². The molecule has 0 saturated carbocycles. The summed E-state index contributed by atoms with van der Waals surface area (Å²) in [5, 5.41) is 0. The molecule has 0 fully saturated rings. The van der Waals surface area contributed by atoms with Gasteiger partial charge in [-0.15, -0.1) is 0 Å². The van der Waals surface area contributed by atoms with Gasteiger partial charge in [-0.25, -0.2) is 8.42 Å². The summed E-state index contributed by atoms with van der Waals surface area (Å²) in [6, 6.07) is 0. The second-order valence-electron chi connectivity index (χ2n) is 0.617. The molecule has 0 bridgehead atoms. The second-order valence-corrected chi connectivity index (χ2v) is 1.85. The quantitative estimate of drug-likeness (QED) is 0.244. The Morgan fingerprint density at radius 2 is 1.20 bits per heavy atom. The zero-order chi connectivity index (χ0) is 8.08. The van der Waals surface area contributed by atoms with Gasteiger partial charge in [-0.3, -0.25) is 4.55 Å². The van der Waals surface area contributed by atoms with Gasteiger partial charge in [0.15, 0.2) is 0 Å². The first-order valence-corrected chi connectivity index (χ1v) is 3.44. The topological polar surface area (TPSA) is 147 Å². The first-order chi connectivity index (χ1) is 3.73. The van der Waals surface area contributed by atoms with Crippen LogP contribution in [0, 0.1) is 10.8 Å². The van der Waals surface area contributed by atoms with Crippen molar-refractivity contribution < 1.29 is 42.3 Å². The van der Waals surface area contributed by atoms with Crippen molar-refractivity contribution in [1.29, 1.82) is 0 Å². The van der Waals surface area contributed by atoms with Crippen LogP contribution in [0.2, 0.25) is 0 Å². The Morgan fingerprint density at radius 1 is 1.20 bits per heavy atom. The molecule has 0 amide bonds. The number of rotatable bonds is 0. The molecule has 0 radical (unpaired) electrons. The maximum atomic E-state index is 8.63. The molecule has 0 unspecified atom stereocenters. The molecule has 0 heterocycles. The van der Waals surface area contributed by atoms with Crippen molar-refractivity contribution in [3.05, 3.63) is 0 Å². The second kappa shape index (κ2) is 8.40. The minimum atomic E-state index is -4.92. The van der Waals surface area contributed by atoms with E-state index in [-0.39, 0.29) is 37.7 Å². The van der Waals surface area contributed by atoms with E-state index in [0.29, 0.717) is 0 Å². The predicted molar refractivity (Wildman–Crippen MR) is 18.1 cm³/mol. The van der Waals surface area contributed by atoms with E-state index < -0.39 is 21.2 Å². The van der Waals surface area contributed by atoms with Gasteiger partial charge in [0.25, 0.3) is 0 Å². The zero-order valence-electron chi connectivity index (χ0n) is 4.39. The normalized spacial score (nSPS) is 9.40. The van der Waals surface area contributed by atoms with Crippen LogP contribution in [0.4, 0.5) is 0 Å². The SMILES string of the molecule is O=S(=O)([O-])O.[Ca+2].[O-][Cl+2]([O-])[O-]. The van der Waals surface area contributed by atoms with Crippen LogP contribution in [-0.4, -0.2) is 55.3 Å². The van der Waals surface area contributed by atoms with Crippen molar-refractivity contribution in [2.24, 2.45) is 0 Å². The van der Waals surface area contributed by atoms with Crippen molar-refractivity contribution in [2.75, 3.05) is 0 Å². The summed E-state index contributed by atoms with van der Waals surface area (Å²) in [6.07, 6.45) is 0. The number of hydrogen-bond acceptors (Lipinski definition) is 6. The van der Waals surface area contributed by atoms with Gasteiger partial charge in [0.2, 0.25) is 10.4 Å². The molecule has 0 spiro atoms. The fraction of sp³-hybridized carbons (Fsp3) is 0. The Hall–Kier alpha value is 1.30. The summed E-state index contributed by atoms with van der Waals surface area (Å²) in [4.78, 5) is 0. The Morgan fingerprint density at radius 3 is 1.20 bits per heavy atom.